The number of hydrogen-bond donors (Lipinski definition) is 1. The highest BCUT2D eigenvalue weighted by atomic mass is 16.5. The van der Waals surface area contributed by atoms with Crippen LogP contribution in [0.3, 0.4) is 0 Å². The highest BCUT2D eigenvalue weighted by molar-refractivity contribution is 6.05. The number of hydrogen-bond acceptors (Lipinski definition) is 2. The Morgan fingerprint density at radius 3 is 2.09 bits per heavy atom. The molecule has 0 heterocycles. The maximum atomic E-state index is 12.5. The van der Waals surface area contributed by atoms with E-state index in [0.717, 1.165) is 30.7 Å². The molecule has 0 saturated heterocycles. The Hall–Kier alpha value is -2.29. The van der Waals surface area contributed by atoms with Gasteiger partial charge in [-0.3, -0.25) is 4.79 Å². The minimum absolute atomic E-state index is 0.0809. The summed E-state index contributed by atoms with van der Waals surface area (Å²) in [6.45, 7) is 6.96. The van der Waals surface area contributed by atoms with Gasteiger partial charge in [-0.15, -0.1) is 0 Å². The van der Waals surface area contributed by atoms with Crippen molar-refractivity contribution in [3.05, 3.63) is 59.2 Å². The Morgan fingerprint density at radius 1 is 0.957 bits per heavy atom. The quantitative estimate of drug-likeness (QED) is 0.793. The van der Waals surface area contributed by atoms with Gasteiger partial charge < -0.3 is 10.1 Å². The van der Waals surface area contributed by atoms with Gasteiger partial charge in [-0.05, 0) is 54.7 Å². The molecule has 2 rings (SSSR count). The number of carbonyl (C=O) groups is 1. The standard InChI is InChI=1S/C20H25NO2/c1-4-14-23-18-12-10-17(11-13-18)20(22)21-19-15(5-2)8-7-9-16(19)6-3/h7-13H,4-6,14H2,1-3H3,(H,21,22). The molecule has 23 heavy (non-hydrogen) atoms. The van der Waals surface area contributed by atoms with Crippen LogP contribution in [-0.2, 0) is 12.8 Å². The topological polar surface area (TPSA) is 38.3 Å². The van der Waals surface area contributed by atoms with Crippen LogP contribution in [0.2, 0.25) is 0 Å². The molecule has 0 atom stereocenters. The molecule has 0 bridgehead atoms. The molecule has 0 fully saturated rings. The Labute approximate surface area is 138 Å². The molecule has 3 heteroatoms. The Kier molecular flexibility index (Phi) is 6.21. The van der Waals surface area contributed by atoms with E-state index in [0.29, 0.717) is 12.2 Å². The Balaban J connectivity index is 2.16. The summed E-state index contributed by atoms with van der Waals surface area (Å²) >= 11 is 0. The average molecular weight is 311 g/mol. The summed E-state index contributed by atoms with van der Waals surface area (Å²) in [5.74, 6) is 0.717. The largest absolute Gasteiger partial charge is 0.494 e. The number of ether oxygens (including phenoxy) is 1. The third-order valence-electron chi connectivity index (χ3n) is 3.83. The minimum atomic E-state index is -0.0809. The zero-order chi connectivity index (χ0) is 16.7. The number of para-hydroxylation sites is 1. The lowest BCUT2D eigenvalue weighted by Crippen LogP contribution is -2.14. The van der Waals surface area contributed by atoms with E-state index >= 15 is 0 Å². The fourth-order valence-electron chi connectivity index (χ4n) is 2.51. The van der Waals surface area contributed by atoms with Crippen LogP contribution in [0.5, 0.6) is 5.75 Å². The van der Waals surface area contributed by atoms with Gasteiger partial charge in [0, 0.05) is 11.3 Å². The fourth-order valence-corrected chi connectivity index (χ4v) is 2.51. The Morgan fingerprint density at radius 2 is 1.57 bits per heavy atom. The van der Waals surface area contributed by atoms with Gasteiger partial charge in [-0.1, -0.05) is 39.0 Å². The lowest BCUT2D eigenvalue weighted by atomic mass is 10.0. The molecule has 0 radical (unpaired) electrons. The van der Waals surface area contributed by atoms with Crippen LogP contribution >= 0.6 is 0 Å². The van der Waals surface area contributed by atoms with E-state index < -0.39 is 0 Å². The summed E-state index contributed by atoms with van der Waals surface area (Å²) in [5.41, 5.74) is 3.93. The van der Waals surface area contributed by atoms with Crippen molar-refractivity contribution in [2.45, 2.75) is 40.0 Å². The summed E-state index contributed by atoms with van der Waals surface area (Å²) in [7, 11) is 0. The summed E-state index contributed by atoms with van der Waals surface area (Å²) in [6.07, 6.45) is 2.76. The highest BCUT2D eigenvalue weighted by Crippen LogP contribution is 2.23. The van der Waals surface area contributed by atoms with Crippen LogP contribution in [0.25, 0.3) is 0 Å². The molecule has 1 N–H and O–H groups in total. The first-order valence-electron chi connectivity index (χ1n) is 8.34. The highest BCUT2D eigenvalue weighted by Gasteiger charge is 2.11. The first-order valence-corrected chi connectivity index (χ1v) is 8.34. The molecular weight excluding hydrogens is 286 g/mol. The third kappa shape index (κ3) is 4.35. The van der Waals surface area contributed by atoms with E-state index in [1.807, 2.05) is 18.2 Å². The van der Waals surface area contributed by atoms with Crippen molar-refractivity contribution >= 4 is 11.6 Å². The van der Waals surface area contributed by atoms with Crippen molar-refractivity contribution in [3.63, 3.8) is 0 Å². The van der Waals surface area contributed by atoms with Gasteiger partial charge in [0.2, 0.25) is 0 Å². The van der Waals surface area contributed by atoms with Crippen molar-refractivity contribution in [2.24, 2.45) is 0 Å². The number of benzene rings is 2. The van der Waals surface area contributed by atoms with E-state index in [1.165, 1.54) is 11.1 Å². The van der Waals surface area contributed by atoms with Gasteiger partial charge in [0.15, 0.2) is 0 Å². The van der Waals surface area contributed by atoms with Crippen LogP contribution in [0.15, 0.2) is 42.5 Å². The zero-order valence-corrected chi connectivity index (χ0v) is 14.2. The molecule has 122 valence electrons. The number of nitrogens with one attached hydrogen (secondary N) is 1. The van der Waals surface area contributed by atoms with Gasteiger partial charge in [-0.25, -0.2) is 0 Å². The van der Waals surface area contributed by atoms with Gasteiger partial charge in [0.1, 0.15) is 5.75 Å². The average Bonchev–Trinajstić information content (AvgIpc) is 2.60. The molecule has 2 aromatic rings. The molecular formula is C20H25NO2. The van der Waals surface area contributed by atoms with Crippen LogP contribution < -0.4 is 10.1 Å². The second-order valence-electron chi connectivity index (χ2n) is 5.49. The van der Waals surface area contributed by atoms with Crippen molar-refractivity contribution in [3.8, 4) is 5.75 Å². The van der Waals surface area contributed by atoms with E-state index in [2.05, 4.69) is 38.2 Å². The first-order chi connectivity index (χ1) is 11.2. The fraction of sp³-hybridized carbons (Fsp3) is 0.350. The van der Waals surface area contributed by atoms with Gasteiger partial charge >= 0.3 is 0 Å². The number of rotatable bonds is 7. The normalized spacial score (nSPS) is 10.4. The molecule has 1 amide bonds. The van der Waals surface area contributed by atoms with Crippen LogP contribution in [0, 0.1) is 0 Å². The molecule has 2 aromatic carbocycles. The van der Waals surface area contributed by atoms with E-state index in [1.54, 1.807) is 12.1 Å². The molecule has 0 unspecified atom stereocenters. The third-order valence-corrected chi connectivity index (χ3v) is 3.83. The minimum Gasteiger partial charge on any atom is -0.494 e. The summed E-state index contributed by atoms with van der Waals surface area (Å²) in [6, 6.07) is 13.5. The first kappa shape index (κ1) is 17.1. The van der Waals surface area contributed by atoms with E-state index in [9.17, 15) is 4.79 Å². The molecule has 0 aliphatic carbocycles. The number of amides is 1. The van der Waals surface area contributed by atoms with Crippen molar-refractivity contribution in [1.29, 1.82) is 0 Å². The van der Waals surface area contributed by atoms with Crippen LogP contribution in [0.4, 0.5) is 5.69 Å². The van der Waals surface area contributed by atoms with E-state index in [4.69, 9.17) is 4.74 Å². The van der Waals surface area contributed by atoms with Gasteiger partial charge in [0.25, 0.3) is 5.91 Å². The summed E-state index contributed by atoms with van der Waals surface area (Å²) < 4.78 is 5.55. The monoisotopic (exact) mass is 311 g/mol. The van der Waals surface area contributed by atoms with Crippen molar-refractivity contribution < 1.29 is 9.53 Å². The van der Waals surface area contributed by atoms with Gasteiger partial charge in [-0.2, -0.15) is 0 Å². The van der Waals surface area contributed by atoms with Crippen LogP contribution in [0.1, 0.15) is 48.7 Å². The van der Waals surface area contributed by atoms with E-state index in [-0.39, 0.29) is 5.91 Å². The molecule has 0 saturated carbocycles. The number of carbonyl (C=O) groups excluding carboxylic acids is 1. The van der Waals surface area contributed by atoms with Crippen molar-refractivity contribution in [2.75, 3.05) is 11.9 Å². The molecule has 0 aliphatic rings. The predicted molar refractivity (Wildman–Crippen MR) is 95.4 cm³/mol. The second kappa shape index (κ2) is 8.37. The van der Waals surface area contributed by atoms with Crippen LogP contribution in [-0.4, -0.2) is 12.5 Å². The maximum absolute atomic E-state index is 12.5. The second-order valence-corrected chi connectivity index (χ2v) is 5.49. The molecule has 0 aromatic heterocycles. The molecule has 0 spiro atoms. The van der Waals surface area contributed by atoms with Gasteiger partial charge in [0.05, 0.1) is 6.61 Å². The Bertz CT molecular complexity index is 625. The number of anilines is 1. The number of aryl methyl sites for hydroxylation is 2. The smallest absolute Gasteiger partial charge is 0.255 e. The molecule has 0 aliphatic heterocycles. The van der Waals surface area contributed by atoms with Crippen molar-refractivity contribution in [1.82, 2.24) is 0 Å². The SMILES string of the molecule is CCCOc1ccc(C(=O)Nc2c(CC)cccc2CC)cc1. The summed E-state index contributed by atoms with van der Waals surface area (Å²) in [5, 5.41) is 3.08. The maximum Gasteiger partial charge on any atom is 0.255 e. The predicted octanol–water partition coefficient (Wildman–Crippen LogP) is 4.85. The molecule has 3 nitrogen and oxygen atoms in total. The zero-order valence-electron chi connectivity index (χ0n) is 14.2. The summed E-state index contributed by atoms with van der Waals surface area (Å²) in [4.78, 5) is 12.5. The lowest BCUT2D eigenvalue weighted by Gasteiger charge is -2.14. The lowest BCUT2D eigenvalue weighted by molar-refractivity contribution is 0.102.